The Morgan fingerprint density at radius 1 is 0.926 bits per heavy atom. The molecule has 0 aromatic heterocycles. The first-order valence-corrected chi connectivity index (χ1v) is 9.16. The molecule has 2 aromatic carbocycles. The third-order valence-corrected chi connectivity index (χ3v) is 4.77. The van der Waals surface area contributed by atoms with Gasteiger partial charge in [-0.1, -0.05) is 42.5 Å². The van der Waals surface area contributed by atoms with Crippen LogP contribution in [-0.4, -0.2) is 68.2 Å². The zero-order chi connectivity index (χ0) is 19.1. The van der Waals surface area contributed by atoms with Crippen molar-refractivity contribution in [1.82, 2.24) is 15.1 Å². The number of amides is 2. The second-order valence-electron chi connectivity index (χ2n) is 6.50. The number of rotatable bonds is 5. The summed E-state index contributed by atoms with van der Waals surface area (Å²) >= 11 is 0. The number of hydrogen-bond acceptors (Lipinski definition) is 4. The molecule has 1 fully saturated rings. The molecule has 27 heavy (non-hydrogen) atoms. The number of ether oxygens (including phenoxy) is 1. The monoisotopic (exact) mass is 367 g/mol. The highest BCUT2D eigenvalue weighted by Crippen LogP contribution is 2.19. The lowest BCUT2D eigenvalue weighted by Gasteiger charge is -2.33. The van der Waals surface area contributed by atoms with E-state index >= 15 is 0 Å². The van der Waals surface area contributed by atoms with Gasteiger partial charge in [-0.25, -0.2) is 4.79 Å². The van der Waals surface area contributed by atoms with Gasteiger partial charge in [0.15, 0.2) is 0 Å². The van der Waals surface area contributed by atoms with E-state index in [1.807, 2.05) is 42.5 Å². The van der Waals surface area contributed by atoms with E-state index in [9.17, 15) is 9.59 Å². The average Bonchev–Trinajstić information content (AvgIpc) is 2.74. The highest BCUT2D eigenvalue weighted by atomic mass is 16.5. The third-order valence-electron chi connectivity index (χ3n) is 4.77. The number of carbonyl (C=O) groups excluding carboxylic acids is 2. The van der Waals surface area contributed by atoms with Gasteiger partial charge in [0.2, 0.25) is 0 Å². The summed E-state index contributed by atoms with van der Waals surface area (Å²) in [6.07, 6.45) is -0.276. The van der Waals surface area contributed by atoms with Crippen molar-refractivity contribution in [2.24, 2.45) is 0 Å². The zero-order valence-corrected chi connectivity index (χ0v) is 15.6. The predicted octanol–water partition coefficient (Wildman–Crippen LogP) is 2.47. The van der Waals surface area contributed by atoms with Crippen LogP contribution in [0.25, 0.3) is 11.1 Å². The van der Waals surface area contributed by atoms with Crippen molar-refractivity contribution >= 4 is 12.0 Å². The lowest BCUT2D eigenvalue weighted by Crippen LogP contribution is -2.50. The van der Waals surface area contributed by atoms with Gasteiger partial charge < -0.3 is 15.0 Å². The lowest BCUT2D eigenvalue weighted by atomic mass is 10.0. The Morgan fingerprint density at radius 2 is 1.56 bits per heavy atom. The number of methoxy groups -OCH3 is 1. The standard InChI is InChI=1S/C21H25N3O3/c1-27-21(26)24-15-13-23(14-16-24)12-11-22-20(25)19-9-7-18(8-10-19)17-5-3-2-4-6-17/h2-10H,11-16H2,1H3,(H,22,25). The van der Waals surface area contributed by atoms with Crippen LogP contribution in [-0.2, 0) is 4.74 Å². The van der Waals surface area contributed by atoms with Gasteiger partial charge in [0.1, 0.15) is 0 Å². The van der Waals surface area contributed by atoms with Crippen LogP contribution in [0.5, 0.6) is 0 Å². The van der Waals surface area contributed by atoms with E-state index in [0.717, 1.165) is 30.8 Å². The highest BCUT2D eigenvalue weighted by Gasteiger charge is 2.21. The second-order valence-corrected chi connectivity index (χ2v) is 6.50. The number of piperazine rings is 1. The first-order chi connectivity index (χ1) is 13.2. The largest absolute Gasteiger partial charge is 0.453 e. The van der Waals surface area contributed by atoms with E-state index in [4.69, 9.17) is 4.74 Å². The molecule has 3 rings (SSSR count). The van der Waals surface area contributed by atoms with Gasteiger partial charge in [-0.2, -0.15) is 0 Å². The summed E-state index contributed by atoms with van der Waals surface area (Å²) < 4.78 is 4.73. The van der Waals surface area contributed by atoms with Crippen molar-refractivity contribution in [3.05, 3.63) is 60.2 Å². The Labute approximate surface area is 159 Å². The Kier molecular flexibility index (Phi) is 6.44. The van der Waals surface area contributed by atoms with Crippen LogP contribution < -0.4 is 5.32 Å². The van der Waals surface area contributed by atoms with Gasteiger partial charge in [-0.05, 0) is 23.3 Å². The van der Waals surface area contributed by atoms with E-state index in [0.29, 0.717) is 25.2 Å². The minimum atomic E-state index is -0.276. The lowest BCUT2D eigenvalue weighted by molar-refractivity contribution is 0.0885. The number of nitrogens with one attached hydrogen (secondary N) is 1. The number of carbonyl (C=O) groups is 2. The van der Waals surface area contributed by atoms with Crippen LogP contribution >= 0.6 is 0 Å². The first-order valence-electron chi connectivity index (χ1n) is 9.16. The topological polar surface area (TPSA) is 61.9 Å². The van der Waals surface area contributed by atoms with Crippen molar-refractivity contribution in [3.8, 4) is 11.1 Å². The molecular formula is C21H25N3O3. The van der Waals surface area contributed by atoms with Crippen molar-refractivity contribution in [2.45, 2.75) is 0 Å². The molecule has 0 bridgehead atoms. The molecule has 0 saturated carbocycles. The minimum Gasteiger partial charge on any atom is -0.453 e. The van der Waals surface area contributed by atoms with Gasteiger partial charge >= 0.3 is 6.09 Å². The molecule has 0 radical (unpaired) electrons. The zero-order valence-electron chi connectivity index (χ0n) is 15.6. The fourth-order valence-corrected chi connectivity index (χ4v) is 3.16. The minimum absolute atomic E-state index is 0.0668. The summed E-state index contributed by atoms with van der Waals surface area (Å²) in [6.45, 7) is 4.23. The molecule has 0 aliphatic carbocycles. The molecule has 0 unspecified atom stereocenters. The SMILES string of the molecule is COC(=O)N1CCN(CCNC(=O)c2ccc(-c3ccccc3)cc2)CC1. The van der Waals surface area contributed by atoms with E-state index in [2.05, 4.69) is 22.3 Å². The van der Waals surface area contributed by atoms with E-state index in [1.165, 1.54) is 7.11 Å². The van der Waals surface area contributed by atoms with Gasteiger partial charge in [0.25, 0.3) is 5.91 Å². The highest BCUT2D eigenvalue weighted by molar-refractivity contribution is 5.94. The van der Waals surface area contributed by atoms with Gasteiger partial charge in [0.05, 0.1) is 7.11 Å². The summed E-state index contributed by atoms with van der Waals surface area (Å²) in [5.41, 5.74) is 2.89. The Morgan fingerprint density at radius 3 is 2.19 bits per heavy atom. The van der Waals surface area contributed by atoms with Crippen molar-refractivity contribution in [2.75, 3.05) is 46.4 Å². The molecule has 6 heteroatoms. The number of hydrogen-bond donors (Lipinski definition) is 1. The number of nitrogens with zero attached hydrogens (tertiary/aromatic N) is 2. The molecule has 2 aromatic rings. The quantitative estimate of drug-likeness (QED) is 0.882. The molecule has 2 amide bonds. The van der Waals surface area contributed by atoms with Crippen LogP contribution in [0.4, 0.5) is 4.79 Å². The smallest absolute Gasteiger partial charge is 0.409 e. The maximum Gasteiger partial charge on any atom is 0.409 e. The summed E-state index contributed by atoms with van der Waals surface area (Å²) in [5.74, 6) is -0.0668. The molecule has 1 saturated heterocycles. The van der Waals surface area contributed by atoms with E-state index in [-0.39, 0.29) is 12.0 Å². The van der Waals surface area contributed by atoms with Crippen molar-refractivity contribution in [3.63, 3.8) is 0 Å². The van der Waals surface area contributed by atoms with Gasteiger partial charge in [0, 0.05) is 44.8 Å². The summed E-state index contributed by atoms with van der Waals surface area (Å²) in [7, 11) is 1.40. The molecule has 142 valence electrons. The Hall–Kier alpha value is -2.86. The Bertz CT molecular complexity index is 754. The van der Waals surface area contributed by atoms with E-state index < -0.39 is 0 Å². The summed E-state index contributed by atoms with van der Waals surface area (Å²) in [6, 6.07) is 17.7. The van der Waals surface area contributed by atoms with Gasteiger partial charge in [-0.3, -0.25) is 9.69 Å². The molecule has 0 spiro atoms. The molecule has 1 aliphatic heterocycles. The molecule has 1 aliphatic rings. The van der Waals surface area contributed by atoms with Crippen LogP contribution in [0.1, 0.15) is 10.4 Å². The summed E-state index contributed by atoms with van der Waals surface area (Å²) in [5, 5.41) is 2.96. The van der Waals surface area contributed by atoms with E-state index in [1.54, 1.807) is 4.90 Å². The normalized spacial score (nSPS) is 14.6. The third kappa shape index (κ3) is 5.08. The summed E-state index contributed by atoms with van der Waals surface area (Å²) in [4.78, 5) is 27.7. The Balaban J connectivity index is 1.43. The molecule has 6 nitrogen and oxygen atoms in total. The maximum absolute atomic E-state index is 12.3. The van der Waals surface area contributed by atoms with Gasteiger partial charge in [-0.15, -0.1) is 0 Å². The fraction of sp³-hybridized carbons (Fsp3) is 0.333. The molecule has 0 atom stereocenters. The molecule has 1 heterocycles. The number of benzene rings is 2. The van der Waals surface area contributed by atoms with Crippen LogP contribution in [0.15, 0.2) is 54.6 Å². The van der Waals surface area contributed by atoms with Crippen molar-refractivity contribution in [1.29, 1.82) is 0 Å². The van der Waals surface area contributed by atoms with Crippen LogP contribution in [0.2, 0.25) is 0 Å². The molecular weight excluding hydrogens is 342 g/mol. The first kappa shape index (κ1) is 18.9. The average molecular weight is 367 g/mol. The van der Waals surface area contributed by atoms with Crippen LogP contribution in [0, 0.1) is 0 Å². The fourth-order valence-electron chi connectivity index (χ4n) is 3.16. The maximum atomic E-state index is 12.3. The van der Waals surface area contributed by atoms with Crippen LogP contribution in [0.3, 0.4) is 0 Å². The van der Waals surface area contributed by atoms with Crippen molar-refractivity contribution < 1.29 is 14.3 Å². The predicted molar refractivity (Wildman–Crippen MR) is 105 cm³/mol. The molecule has 1 N–H and O–H groups in total. The second kappa shape index (κ2) is 9.19.